The van der Waals surface area contributed by atoms with E-state index in [0.717, 1.165) is 18.6 Å². The van der Waals surface area contributed by atoms with Gasteiger partial charge in [-0.05, 0) is 30.5 Å². The largest absolute Gasteiger partial charge is 0.490 e. The van der Waals surface area contributed by atoms with E-state index in [-0.39, 0.29) is 6.10 Å². The summed E-state index contributed by atoms with van der Waals surface area (Å²) >= 11 is 0. The lowest BCUT2D eigenvalue weighted by Crippen LogP contribution is -2.19. The number of para-hydroxylation sites is 1. The first-order chi connectivity index (χ1) is 11.9. The van der Waals surface area contributed by atoms with Gasteiger partial charge in [0.2, 0.25) is 0 Å². The molecule has 0 N–H and O–H groups in total. The van der Waals surface area contributed by atoms with Gasteiger partial charge in [-0.3, -0.25) is 0 Å². The standard InChI is InChI=1S/C23H32O/c1-2-3-4-5-6-7-12-19-23(20-21-15-10-8-11-16-21)24-22-17-13-9-14-18-22/h8-11,13-18,23H,2-7,12,19-20H2,1H3. The van der Waals surface area contributed by atoms with E-state index in [1.54, 1.807) is 0 Å². The van der Waals surface area contributed by atoms with Crippen LogP contribution in [0.2, 0.25) is 0 Å². The predicted octanol–water partition coefficient (Wildman–Crippen LogP) is 6.82. The van der Waals surface area contributed by atoms with Crippen molar-refractivity contribution in [2.75, 3.05) is 0 Å². The second-order valence-corrected chi connectivity index (χ2v) is 6.65. The second kappa shape index (κ2) is 11.7. The van der Waals surface area contributed by atoms with Crippen LogP contribution in [0.15, 0.2) is 60.7 Å². The Bertz CT molecular complexity index is 479. The molecule has 24 heavy (non-hydrogen) atoms. The molecule has 0 heterocycles. The molecule has 1 atom stereocenters. The van der Waals surface area contributed by atoms with Crippen LogP contribution in [0.5, 0.6) is 5.75 Å². The highest BCUT2D eigenvalue weighted by Gasteiger charge is 2.11. The summed E-state index contributed by atoms with van der Waals surface area (Å²) in [4.78, 5) is 0. The molecular formula is C23H32O. The molecule has 130 valence electrons. The lowest BCUT2D eigenvalue weighted by molar-refractivity contribution is 0.187. The SMILES string of the molecule is CCCCCCCCCC(Cc1ccccc1)Oc1ccccc1. The van der Waals surface area contributed by atoms with Crippen molar-refractivity contribution in [2.24, 2.45) is 0 Å². The summed E-state index contributed by atoms with van der Waals surface area (Å²) in [6.45, 7) is 2.27. The van der Waals surface area contributed by atoms with Crippen molar-refractivity contribution in [3.63, 3.8) is 0 Å². The van der Waals surface area contributed by atoms with E-state index < -0.39 is 0 Å². The molecule has 2 aromatic carbocycles. The van der Waals surface area contributed by atoms with Gasteiger partial charge in [-0.1, -0.05) is 94.0 Å². The fourth-order valence-electron chi connectivity index (χ4n) is 3.10. The monoisotopic (exact) mass is 324 g/mol. The Labute approximate surface area is 148 Å². The molecule has 2 rings (SSSR count). The van der Waals surface area contributed by atoms with Crippen LogP contribution in [-0.4, -0.2) is 6.10 Å². The molecule has 1 heteroatoms. The highest BCUT2D eigenvalue weighted by atomic mass is 16.5. The molecule has 0 spiro atoms. The smallest absolute Gasteiger partial charge is 0.119 e. The van der Waals surface area contributed by atoms with Gasteiger partial charge < -0.3 is 4.74 Å². The average molecular weight is 325 g/mol. The first-order valence-electron chi connectivity index (χ1n) is 9.64. The van der Waals surface area contributed by atoms with Crippen LogP contribution in [0.4, 0.5) is 0 Å². The van der Waals surface area contributed by atoms with E-state index in [1.807, 2.05) is 18.2 Å². The molecule has 0 aliphatic heterocycles. The zero-order chi connectivity index (χ0) is 16.9. The molecule has 0 fully saturated rings. The summed E-state index contributed by atoms with van der Waals surface area (Å²) in [5, 5.41) is 0. The first-order valence-corrected chi connectivity index (χ1v) is 9.64. The molecule has 1 nitrogen and oxygen atoms in total. The van der Waals surface area contributed by atoms with Crippen molar-refractivity contribution in [3.05, 3.63) is 66.2 Å². The van der Waals surface area contributed by atoms with Crippen LogP contribution in [0.1, 0.15) is 63.9 Å². The second-order valence-electron chi connectivity index (χ2n) is 6.65. The van der Waals surface area contributed by atoms with E-state index in [4.69, 9.17) is 4.74 Å². The molecular weight excluding hydrogens is 292 g/mol. The Hall–Kier alpha value is -1.76. The Kier molecular flexibility index (Phi) is 9.08. The minimum atomic E-state index is 0.269. The Morgan fingerprint density at radius 2 is 1.29 bits per heavy atom. The van der Waals surface area contributed by atoms with Crippen LogP contribution in [0, 0.1) is 0 Å². The van der Waals surface area contributed by atoms with E-state index in [1.165, 1.54) is 50.5 Å². The summed E-state index contributed by atoms with van der Waals surface area (Å²) in [7, 11) is 0. The van der Waals surface area contributed by atoms with Gasteiger partial charge in [-0.25, -0.2) is 0 Å². The van der Waals surface area contributed by atoms with Crippen LogP contribution in [0.25, 0.3) is 0 Å². The van der Waals surface area contributed by atoms with E-state index >= 15 is 0 Å². The lowest BCUT2D eigenvalue weighted by Gasteiger charge is -2.19. The van der Waals surface area contributed by atoms with Crippen molar-refractivity contribution in [2.45, 2.75) is 70.8 Å². The topological polar surface area (TPSA) is 9.23 Å². The molecule has 2 aromatic rings. The maximum absolute atomic E-state index is 6.26. The van der Waals surface area contributed by atoms with Gasteiger partial charge in [-0.15, -0.1) is 0 Å². The van der Waals surface area contributed by atoms with Gasteiger partial charge in [-0.2, -0.15) is 0 Å². The molecule has 0 radical (unpaired) electrons. The fraction of sp³-hybridized carbons (Fsp3) is 0.478. The number of ether oxygens (including phenoxy) is 1. The highest BCUT2D eigenvalue weighted by molar-refractivity contribution is 5.22. The summed E-state index contributed by atoms with van der Waals surface area (Å²) < 4.78 is 6.26. The van der Waals surface area contributed by atoms with Crippen LogP contribution in [-0.2, 0) is 6.42 Å². The van der Waals surface area contributed by atoms with Gasteiger partial charge in [0.15, 0.2) is 0 Å². The molecule has 0 saturated carbocycles. The molecule has 0 bridgehead atoms. The number of unbranched alkanes of at least 4 members (excludes halogenated alkanes) is 6. The van der Waals surface area contributed by atoms with Crippen molar-refractivity contribution in [3.8, 4) is 5.75 Å². The average Bonchev–Trinajstić information content (AvgIpc) is 2.62. The number of rotatable bonds is 12. The van der Waals surface area contributed by atoms with Crippen molar-refractivity contribution >= 4 is 0 Å². The van der Waals surface area contributed by atoms with Gasteiger partial charge >= 0.3 is 0 Å². The Morgan fingerprint density at radius 3 is 1.96 bits per heavy atom. The predicted molar refractivity (Wildman–Crippen MR) is 104 cm³/mol. The quantitative estimate of drug-likeness (QED) is 0.389. The summed E-state index contributed by atoms with van der Waals surface area (Å²) in [6, 6.07) is 20.9. The molecule has 0 aliphatic rings. The van der Waals surface area contributed by atoms with Gasteiger partial charge in [0.05, 0.1) is 0 Å². The number of benzene rings is 2. The third kappa shape index (κ3) is 7.68. The number of hydrogen-bond donors (Lipinski definition) is 0. The molecule has 1 unspecified atom stereocenters. The van der Waals surface area contributed by atoms with Gasteiger partial charge in [0.25, 0.3) is 0 Å². The summed E-state index contributed by atoms with van der Waals surface area (Å²) in [5.41, 5.74) is 1.36. The van der Waals surface area contributed by atoms with Crippen LogP contribution >= 0.6 is 0 Å². The van der Waals surface area contributed by atoms with Crippen molar-refractivity contribution in [1.29, 1.82) is 0 Å². The Morgan fingerprint density at radius 1 is 0.708 bits per heavy atom. The van der Waals surface area contributed by atoms with Crippen molar-refractivity contribution < 1.29 is 4.74 Å². The maximum atomic E-state index is 6.26. The van der Waals surface area contributed by atoms with E-state index in [0.29, 0.717) is 0 Å². The van der Waals surface area contributed by atoms with Crippen LogP contribution < -0.4 is 4.74 Å². The van der Waals surface area contributed by atoms with Crippen molar-refractivity contribution in [1.82, 2.24) is 0 Å². The molecule has 0 aliphatic carbocycles. The van der Waals surface area contributed by atoms with E-state index in [2.05, 4.69) is 49.4 Å². The zero-order valence-electron chi connectivity index (χ0n) is 15.1. The minimum Gasteiger partial charge on any atom is -0.490 e. The maximum Gasteiger partial charge on any atom is 0.119 e. The third-order valence-electron chi connectivity index (χ3n) is 4.48. The molecule has 0 saturated heterocycles. The summed E-state index contributed by atoms with van der Waals surface area (Å²) in [5.74, 6) is 0.987. The third-order valence-corrected chi connectivity index (χ3v) is 4.48. The normalized spacial score (nSPS) is 12.0. The number of hydrogen-bond acceptors (Lipinski definition) is 1. The van der Waals surface area contributed by atoms with Gasteiger partial charge in [0, 0.05) is 6.42 Å². The highest BCUT2D eigenvalue weighted by Crippen LogP contribution is 2.18. The van der Waals surface area contributed by atoms with Crippen LogP contribution in [0.3, 0.4) is 0 Å². The van der Waals surface area contributed by atoms with Gasteiger partial charge in [0.1, 0.15) is 11.9 Å². The fourth-order valence-corrected chi connectivity index (χ4v) is 3.10. The lowest BCUT2D eigenvalue weighted by atomic mass is 10.0. The summed E-state index contributed by atoms with van der Waals surface area (Å²) in [6.07, 6.45) is 11.8. The first kappa shape index (κ1) is 18.6. The van der Waals surface area contributed by atoms with E-state index in [9.17, 15) is 0 Å². The molecule has 0 aromatic heterocycles. The Balaban J connectivity index is 1.79. The minimum absolute atomic E-state index is 0.269. The zero-order valence-corrected chi connectivity index (χ0v) is 15.1. The molecule has 0 amide bonds.